The smallest absolute Gasteiger partial charge is 0.158 e. The van der Waals surface area contributed by atoms with E-state index in [2.05, 4.69) is 22.5 Å². The Balaban J connectivity index is 1.61. The molecule has 1 unspecified atom stereocenters. The molecule has 2 N–H and O–H groups in total. The van der Waals surface area contributed by atoms with E-state index in [-0.39, 0.29) is 0 Å². The SMILES string of the molecule is C1=Cc2nc(C3CCC4=C(C3)NCO4)[nH]c2CC1. The first-order chi connectivity index (χ1) is 8.90. The van der Waals surface area contributed by atoms with Crippen molar-refractivity contribution in [3.63, 3.8) is 0 Å². The molecule has 0 saturated carbocycles. The third kappa shape index (κ3) is 1.55. The molecule has 0 saturated heterocycles. The molecule has 0 bridgehead atoms. The number of H-pyrrole nitrogens is 1. The average molecular weight is 243 g/mol. The lowest BCUT2D eigenvalue weighted by Crippen LogP contribution is -2.15. The monoisotopic (exact) mass is 243 g/mol. The molecule has 0 amide bonds. The Labute approximate surface area is 106 Å². The van der Waals surface area contributed by atoms with Gasteiger partial charge in [-0.25, -0.2) is 4.98 Å². The van der Waals surface area contributed by atoms with Crippen LogP contribution in [0.15, 0.2) is 17.5 Å². The zero-order valence-electron chi connectivity index (χ0n) is 10.3. The minimum atomic E-state index is 0.511. The van der Waals surface area contributed by atoms with Crippen molar-refractivity contribution in [2.45, 2.75) is 38.0 Å². The van der Waals surface area contributed by atoms with Crippen LogP contribution in [0.1, 0.15) is 48.8 Å². The van der Waals surface area contributed by atoms with Gasteiger partial charge in [-0.3, -0.25) is 0 Å². The Morgan fingerprint density at radius 3 is 3.28 bits per heavy atom. The standard InChI is InChI=1S/C14H17N3O/c1-2-4-11-10(3-1)16-14(17-11)9-5-6-13-12(7-9)15-8-18-13/h1,3,9,15H,2,4-8H2,(H,16,17). The number of nitrogens with one attached hydrogen (secondary N) is 2. The highest BCUT2D eigenvalue weighted by Crippen LogP contribution is 2.37. The summed E-state index contributed by atoms with van der Waals surface area (Å²) in [5, 5.41) is 3.32. The van der Waals surface area contributed by atoms with Gasteiger partial charge in [0.1, 0.15) is 11.6 Å². The fraction of sp³-hybridized carbons (Fsp3) is 0.500. The highest BCUT2D eigenvalue weighted by atomic mass is 16.5. The number of hydrogen-bond acceptors (Lipinski definition) is 3. The number of nitrogens with zero attached hydrogens (tertiary/aromatic N) is 1. The predicted molar refractivity (Wildman–Crippen MR) is 68.6 cm³/mol. The van der Waals surface area contributed by atoms with Crippen LogP contribution in [0, 0.1) is 0 Å². The van der Waals surface area contributed by atoms with E-state index in [9.17, 15) is 0 Å². The van der Waals surface area contributed by atoms with Crippen molar-refractivity contribution in [1.29, 1.82) is 0 Å². The Kier molecular flexibility index (Phi) is 2.22. The van der Waals surface area contributed by atoms with Crippen molar-refractivity contribution in [3.8, 4) is 0 Å². The third-order valence-corrected chi connectivity index (χ3v) is 4.09. The molecule has 4 rings (SSSR count). The zero-order valence-corrected chi connectivity index (χ0v) is 10.3. The summed E-state index contributed by atoms with van der Waals surface area (Å²) >= 11 is 0. The molecule has 0 aromatic carbocycles. The highest BCUT2D eigenvalue weighted by Gasteiger charge is 2.28. The van der Waals surface area contributed by atoms with Crippen LogP contribution in [0.2, 0.25) is 0 Å². The molecule has 1 aromatic heterocycles. The second-order valence-electron chi connectivity index (χ2n) is 5.23. The van der Waals surface area contributed by atoms with Gasteiger partial charge in [0.05, 0.1) is 11.4 Å². The minimum absolute atomic E-state index is 0.511. The van der Waals surface area contributed by atoms with Crippen LogP contribution >= 0.6 is 0 Å². The number of allylic oxidation sites excluding steroid dienone is 3. The number of aryl methyl sites for hydroxylation is 1. The van der Waals surface area contributed by atoms with E-state index in [0.29, 0.717) is 12.6 Å². The number of imidazole rings is 1. The van der Waals surface area contributed by atoms with E-state index >= 15 is 0 Å². The lowest BCUT2D eigenvalue weighted by Gasteiger charge is -2.20. The van der Waals surface area contributed by atoms with Gasteiger partial charge in [0, 0.05) is 24.5 Å². The van der Waals surface area contributed by atoms with Crippen molar-refractivity contribution in [3.05, 3.63) is 34.7 Å². The Bertz CT molecular complexity index is 541. The molecule has 4 heteroatoms. The van der Waals surface area contributed by atoms with Crippen molar-refractivity contribution in [1.82, 2.24) is 15.3 Å². The summed E-state index contributed by atoms with van der Waals surface area (Å²) < 4.78 is 5.55. The highest BCUT2D eigenvalue weighted by molar-refractivity contribution is 5.50. The van der Waals surface area contributed by atoms with Crippen molar-refractivity contribution < 1.29 is 4.74 Å². The maximum Gasteiger partial charge on any atom is 0.158 e. The van der Waals surface area contributed by atoms with Crippen LogP contribution in [-0.2, 0) is 11.2 Å². The molecule has 2 heterocycles. The second-order valence-corrected chi connectivity index (χ2v) is 5.23. The molecule has 4 nitrogen and oxygen atoms in total. The minimum Gasteiger partial charge on any atom is -0.476 e. The topological polar surface area (TPSA) is 49.9 Å². The average Bonchev–Trinajstić information content (AvgIpc) is 3.04. The first kappa shape index (κ1) is 10.2. The number of ether oxygens (including phenoxy) is 1. The summed E-state index contributed by atoms with van der Waals surface area (Å²) in [5.74, 6) is 2.84. The molecule has 1 aromatic rings. The van der Waals surface area contributed by atoms with Gasteiger partial charge in [0.2, 0.25) is 0 Å². The van der Waals surface area contributed by atoms with Gasteiger partial charge in [-0.1, -0.05) is 6.08 Å². The fourth-order valence-electron chi connectivity index (χ4n) is 3.08. The van der Waals surface area contributed by atoms with E-state index < -0.39 is 0 Å². The Hall–Kier alpha value is -1.71. The van der Waals surface area contributed by atoms with Crippen molar-refractivity contribution in [2.24, 2.45) is 0 Å². The lowest BCUT2D eigenvalue weighted by atomic mass is 9.90. The Morgan fingerprint density at radius 2 is 2.33 bits per heavy atom. The second kappa shape index (κ2) is 3.90. The number of aromatic nitrogens is 2. The number of hydrogen-bond donors (Lipinski definition) is 2. The molecule has 1 atom stereocenters. The van der Waals surface area contributed by atoms with E-state index in [4.69, 9.17) is 9.72 Å². The largest absolute Gasteiger partial charge is 0.476 e. The molecule has 18 heavy (non-hydrogen) atoms. The van der Waals surface area contributed by atoms with E-state index in [0.717, 1.165) is 43.6 Å². The molecule has 2 aliphatic carbocycles. The maximum absolute atomic E-state index is 5.55. The molecule has 94 valence electrons. The van der Waals surface area contributed by atoms with Crippen LogP contribution < -0.4 is 5.32 Å². The van der Waals surface area contributed by atoms with Gasteiger partial charge in [0.15, 0.2) is 6.73 Å². The van der Waals surface area contributed by atoms with Gasteiger partial charge in [-0.05, 0) is 25.3 Å². The van der Waals surface area contributed by atoms with Crippen LogP contribution in [-0.4, -0.2) is 16.7 Å². The molecular weight excluding hydrogens is 226 g/mol. The van der Waals surface area contributed by atoms with Crippen LogP contribution in [0.3, 0.4) is 0 Å². The van der Waals surface area contributed by atoms with E-state index in [1.54, 1.807) is 0 Å². The van der Waals surface area contributed by atoms with Crippen LogP contribution in [0.25, 0.3) is 6.08 Å². The molecule has 0 fully saturated rings. The van der Waals surface area contributed by atoms with Gasteiger partial charge >= 0.3 is 0 Å². The van der Waals surface area contributed by atoms with Crippen molar-refractivity contribution >= 4 is 6.08 Å². The van der Waals surface area contributed by atoms with Gasteiger partial charge < -0.3 is 15.0 Å². The summed E-state index contributed by atoms with van der Waals surface area (Å²) in [5.41, 5.74) is 3.74. The number of fused-ring (bicyclic) bond motifs is 1. The predicted octanol–water partition coefficient (Wildman–Crippen LogP) is 2.43. The summed E-state index contributed by atoms with van der Waals surface area (Å²) in [6.07, 6.45) is 9.78. The quantitative estimate of drug-likeness (QED) is 0.796. The third-order valence-electron chi connectivity index (χ3n) is 4.09. The fourth-order valence-corrected chi connectivity index (χ4v) is 3.08. The zero-order chi connectivity index (χ0) is 11.9. The van der Waals surface area contributed by atoms with Crippen LogP contribution in [0.4, 0.5) is 0 Å². The van der Waals surface area contributed by atoms with E-state index in [1.807, 2.05) is 0 Å². The summed E-state index contributed by atoms with van der Waals surface area (Å²) in [6, 6.07) is 0. The molecule has 0 spiro atoms. The summed E-state index contributed by atoms with van der Waals surface area (Å²) in [6.45, 7) is 0.648. The normalized spacial score (nSPS) is 25.4. The molecule has 0 radical (unpaired) electrons. The first-order valence-electron chi connectivity index (χ1n) is 6.74. The molecule has 1 aliphatic heterocycles. The van der Waals surface area contributed by atoms with E-state index in [1.165, 1.54) is 17.2 Å². The first-order valence-corrected chi connectivity index (χ1v) is 6.74. The molecular formula is C14H17N3O. The molecule has 3 aliphatic rings. The summed E-state index contributed by atoms with van der Waals surface area (Å²) in [4.78, 5) is 8.28. The Morgan fingerprint density at radius 1 is 1.33 bits per heavy atom. The van der Waals surface area contributed by atoms with Crippen LogP contribution in [0.5, 0.6) is 0 Å². The number of aromatic amines is 1. The van der Waals surface area contributed by atoms with Gasteiger partial charge in [-0.2, -0.15) is 0 Å². The summed E-state index contributed by atoms with van der Waals surface area (Å²) in [7, 11) is 0. The van der Waals surface area contributed by atoms with Gasteiger partial charge in [0.25, 0.3) is 0 Å². The maximum atomic E-state index is 5.55. The van der Waals surface area contributed by atoms with Crippen molar-refractivity contribution in [2.75, 3.05) is 6.73 Å². The number of rotatable bonds is 1. The van der Waals surface area contributed by atoms with Gasteiger partial charge in [-0.15, -0.1) is 0 Å². The lowest BCUT2D eigenvalue weighted by molar-refractivity contribution is 0.219.